The molecule has 2 aromatic heterocycles. The van der Waals surface area contributed by atoms with Crippen LogP contribution in [0.5, 0.6) is 0 Å². The number of hydrogen-bond donors (Lipinski definition) is 1. The normalized spacial score (nSPS) is 10.8. The fourth-order valence-corrected chi connectivity index (χ4v) is 3.92. The third kappa shape index (κ3) is 4.72. The minimum absolute atomic E-state index is 0.140. The SMILES string of the molecule is O=C(CSc1nnc(-c2ccco2)n1-c1ccc(Cl)cc1)Nc1cccc(Br)c1. The van der Waals surface area contributed by atoms with E-state index < -0.39 is 0 Å². The van der Waals surface area contributed by atoms with Gasteiger partial charge in [-0.1, -0.05) is 45.4 Å². The molecule has 0 fully saturated rings. The lowest BCUT2D eigenvalue weighted by Crippen LogP contribution is -2.14. The van der Waals surface area contributed by atoms with Gasteiger partial charge in [0.15, 0.2) is 10.9 Å². The lowest BCUT2D eigenvalue weighted by molar-refractivity contribution is -0.113. The number of carbonyl (C=O) groups excluding carboxylic acids is 1. The number of amides is 1. The van der Waals surface area contributed by atoms with Gasteiger partial charge in [0, 0.05) is 20.9 Å². The van der Waals surface area contributed by atoms with Gasteiger partial charge in [-0.3, -0.25) is 9.36 Å². The van der Waals surface area contributed by atoms with E-state index in [0.29, 0.717) is 21.8 Å². The van der Waals surface area contributed by atoms with Crippen LogP contribution < -0.4 is 5.32 Å². The van der Waals surface area contributed by atoms with Crippen molar-refractivity contribution in [2.75, 3.05) is 11.1 Å². The molecule has 0 bridgehead atoms. The molecule has 0 spiro atoms. The Labute approximate surface area is 184 Å². The van der Waals surface area contributed by atoms with Crippen LogP contribution in [0.25, 0.3) is 17.3 Å². The van der Waals surface area contributed by atoms with Crippen LogP contribution in [0.15, 0.2) is 81.0 Å². The Kier molecular flexibility index (Phi) is 6.03. The van der Waals surface area contributed by atoms with Crippen LogP contribution in [0, 0.1) is 0 Å². The van der Waals surface area contributed by atoms with Crippen molar-refractivity contribution in [1.29, 1.82) is 0 Å². The molecule has 4 rings (SSSR count). The van der Waals surface area contributed by atoms with E-state index in [-0.39, 0.29) is 11.7 Å². The van der Waals surface area contributed by atoms with Gasteiger partial charge in [0.1, 0.15) is 0 Å². The molecular weight excluding hydrogens is 476 g/mol. The number of anilines is 1. The van der Waals surface area contributed by atoms with Gasteiger partial charge in [0.25, 0.3) is 0 Å². The number of halogens is 2. The van der Waals surface area contributed by atoms with Crippen LogP contribution >= 0.6 is 39.3 Å². The summed E-state index contributed by atoms with van der Waals surface area (Å²) >= 11 is 10.7. The summed E-state index contributed by atoms with van der Waals surface area (Å²) < 4.78 is 8.23. The summed E-state index contributed by atoms with van der Waals surface area (Å²) in [6, 6.07) is 18.3. The first-order valence-electron chi connectivity index (χ1n) is 8.53. The average Bonchev–Trinajstić information content (AvgIpc) is 3.37. The maximum atomic E-state index is 12.4. The molecule has 0 unspecified atom stereocenters. The number of benzene rings is 2. The monoisotopic (exact) mass is 488 g/mol. The van der Waals surface area contributed by atoms with Crippen LogP contribution in [0.1, 0.15) is 0 Å². The van der Waals surface area contributed by atoms with Crippen molar-refractivity contribution in [2.45, 2.75) is 5.16 Å². The molecule has 0 aliphatic rings. The molecular formula is C20H14BrClN4O2S. The van der Waals surface area contributed by atoms with Crippen molar-refractivity contribution in [1.82, 2.24) is 14.8 Å². The van der Waals surface area contributed by atoms with Gasteiger partial charge in [-0.05, 0) is 54.6 Å². The van der Waals surface area contributed by atoms with Gasteiger partial charge < -0.3 is 9.73 Å². The molecule has 2 aromatic carbocycles. The van der Waals surface area contributed by atoms with Gasteiger partial charge in [0.05, 0.1) is 12.0 Å². The quantitative estimate of drug-likeness (QED) is 0.353. The Bertz CT molecular complexity index is 1130. The standard InChI is InChI=1S/C20H14BrClN4O2S/c21-13-3-1-4-15(11-13)23-18(27)12-29-20-25-24-19(17-5-2-10-28-17)26(20)16-8-6-14(22)7-9-16/h1-11H,12H2,(H,23,27). The summed E-state index contributed by atoms with van der Waals surface area (Å²) in [7, 11) is 0. The van der Waals surface area contributed by atoms with Crippen LogP contribution in [-0.2, 0) is 4.79 Å². The van der Waals surface area contributed by atoms with Gasteiger partial charge in [-0.2, -0.15) is 0 Å². The molecule has 6 nitrogen and oxygen atoms in total. The van der Waals surface area contributed by atoms with E-state index in [4.69, 9.17) is 16.0 Å². The minimum Gasteiger partial charge on any atom is -0.461 e. The van der Waals surface area contributed by atoms with E-state index in [0.717, 1.165) is 15.8 Å². The maximum Gasteiger partial charge on any atom is 0.234 e. The number of carbonyl (C=O) groups is 1. The Morgan fingerprint density at radius 2 is 1.97 bits per heavy atom. The van der Waals surface area contributed by atoms with Gasteiger partial charge >= 0.3 is 0 Å². The summed E-state index contributed by atoms with van der Waals surface area (Å²) in [6.45, 7) is 0. The highest BCUT2D eigenvalue weighted by atomic mass is 79.9. The minimum atomic E-state index is -0.140. The van der Waals surface area contributed by atoms with E-state index in [9.17, 15) is 4.79 Å². The van der Waals surface area contributed by atoms with Crippen molar-refractivity contribution >= 4 is 50.9 Å². The molecule has 1 amide bonds. The average molecular weight is 490 g/mol. The van der Waals surface area contributed by atoms with E-state index in [1.807, 2.05) is 47.0 Å². The zero-order valence-corrected chi connectivity index (χ0v) is 18.0. The largest absolute Gasteiger partial charge is 0.461 e. The molecule has 4 aromatic rings. The van der Waals surface area contributed by atoms with Gasteiger partial charge in [-0.25, -0.2) is 0 Å². The number of nitrogens with one attached hydrogen (secondary N) is 1. The third-order valence-corrected chi connectivity index (χ3v) is 5.57. The first-order chi connectivity index (χ1) is 14.1. The topological polar surface area (TPSA) is 73.0 Å². The van der Waals surface area contributed by atoms with Crippen molar-refractivity contribution in [3.05, 3.63) is 76.4 Å². The molecule has 0 atom stereocenters. The highest BCUT2D eigenvalue weighted by Crippen LogP contribution is 2.29. The number of hydrogen-bond acceptors (Lipinski definition) is 5. The zero-order chi connectivity index (χ0) is 20.2. The molecule has 0 aliphatic carbocycles. The Balaban J connectivity index is 1.57. The fourth-order valence-electron chi connectivity index (χ4n) is 2.65. The predicted octanol–water partition coefficient (Wildman–Crippen LogP) is 5.67. The van der Waals surface area contributed by atoms with Crippen molar-refractivity contribution in [3.8, 4) is 17.3 Å². The predicted molar refractivity (Wildman–Crippen MR) is 118 cm³/mol. The van der Waals surface area contributed by atoms with Gasteiger partial charge in [0.2, 0.25) is 11.7 Å². The number of nitrogens with zero attached hydrogens (tertiary/aromatic N) is 3. The Morgan fingerprint density at radius 3 is 2.69 bits per heavy atom. The molecule has 2 heterocycles. The molecule has 29 heavy (non-hydrogen) atoms. The molecule has 0 saturated heterocycles. The molecule has 146 valence electrons. The first-order valence-corrected chi connectivity index (χ1v) is 10.7. The lowest BCUT2D eigenvalue weighted by atomic mass is 10.3. The van der Waals surface area contributed by atoms with Crippen molar-refractivity contribution in [2.24, 2.45) is 0 Å². The van der Waals surface area contributed by atoms with Gasteiger partial charge in [-0.15, -0.1) is 10.2 Å². The van der Waals surface area contributed by atoms with Crippen molar-refractivity contribution < 1.29 is 9.21 Å². The summed E-state index contributed by atoms with van der Waals surface area (Å²) in [5, 5.41) is 12.6. The zero-order valence-electron chi connectivity index (χ0n) is 14.9. The fraction of sp³-hybridized carbons (Fsp3) is 0.0500. The number of furan rings is 1. The van der Waals surface area contributed by atoms with Crippen LogP contribution in [0.4, 0.5) is 5.69 Å². The highest BCUT2D eigenvalue weighted by Gasteiger charge is 2.19. The molecule has 0 aliphatic heterocycles. The second kappa shape index (κ2) is 8.86. The summed E-state index contributed by atoms with van der Waals surface area (Å²) in [4.78, 5) is 12.4. The number of thioether (sulfide) groups is 1. The van der Waals surface area contributed by atoms with Crippen LogP contribution in [0.2, 0.25) is 5.02 Å². The third-order valence-electron chi connectivity index (χ3n) is 3.90. The van der Waals surface area contributed by atoms with E-state index in [1.54, 1.807) is 24.5 Å². The number of aromatic nitrogens is 3. The van der Waals surface area contributed by atoms with Crippen LogP contribution in [0.3, 0.4) is 0 Å². The maximum absolute atomic E-state index is 12.4. The van der Waals surface area contributed by atoms with E-state index in [2.05, 4.69) is 31.4 Å². The Hall–Kier alpha value is -2.55. The molecule has 0 radical (unpaired) electrons. The summed E-state index contributed by atoms with van der Waals surface area (Å²) in [6.07, 6.45) is 1.58. The number of rotatable bonds is 6. The smallest absolute Gasteiger partial charge is 0.234 e. The van der Waals surface area contributed by atoms with Crippen molar-refractivity contribution in [3.63, 3.8) is 0 Å². The first kappa shape index (κ1) is 19.8. The van der Waals surface area contributed by atoms with Crippen LogP contribution in [-0.4, -0.2) is 26.4 Å². The molecule has 9 heteroatoms. The van der Waals surface area contributed by atoms with E-state index in [1.165, 1.54) is 11.8 Å². The summed E-state index contributed by atoms with van der Waals surface area (Å²) in [5.74, 6) is 1.17. The Morgan fingerprint density at radius 1 is 1.14 bits per heavy atom. The lowest BCUT2D eigenvalue weighted by Gasteiger charge is -2.09. The molecule has 0 saturated carbocycles. The summed E-state index contributed by atoms with van der Waals surface area (Å²) in [5.41, 5.74) is 1.54. The second-order valence-corrected chi connectivity index (χ2v) is 8.24. The molecule has 1 N–H and O–H groups in total. The second-order valence-electron chi connectivity index (χ2n) is 5.94. The highest BCUT2D eigenvalue weighted by molar-refractivity contribution is 9.10. The van der Waals surface area contributed by atoms with E-state index >= 15 is 0 Å².